The number of hydrazine groups is 1. The third kappa shape index (κ3) is 6.13. The highest BCUT2D eigenvalue weighted by Gasteiger charge is 2.34. The van der Waals surface area contributed by atoms with Crippen LogP contribution >= 0.6 is 35.6 Å². The summed E-state index contributed by atoms with van der Waals surface area (Å²) in [7, 11) is 0. The number of carbonyl (C=O) groups excluding carboxylic acids is 3. The highest BCUT2D eigenvalue weighted by atomic mass is 35.5. The van der Waals surface area contributed by atoms with Gasteiger partial charge >= 0.3 is 0 Å². The number of thiocarbonyl (C=S) groups is 1. The van der Waals surface area contributed by atoms with Crippen molar-refractivity contribution in [2.24, 2.45) is 0 Å². The number of nitrogens with one attached hydrogen (secondary N) is 1. The zero-order valence-corrected chi connectivity index (χ0v) is 20.4. The van der Waals surface area contributed by atoms with Crippen molar-refractivity contribution >= 4 is 63.7 Å². The van der Waals surface area contributed by atoms with Crippen LogP contribution in [0.15, 0.2) is 53.4 Å². The number of ether oxygens (including phenoxy) is 1. The molecule has 0 aliphatic carbocycles. The van der Waals surface area contributed by atoms with Crippen molar-refractivity contribution in [1.29, 1.82) is 0 Å². The summed E-state index contributed by atoms with van der Waals surface area (Å²) in [5.74, 6) is -0.492. The van der Waals surface area contributed by atoms with E-state index in [0.29, 0.717) is 23.7 Å². The van der Waals surface area contributed by atoms with Crippen molar-refractivity contribution in [2.45, 2.75) is 13.8 Å². The van der Waals surface area contributed by atoms with Crippen molar-refractivity contribution in [2.75, 3.05) is 19.7 Å². The summed E-state index contributed by atoms with van der Waals surface area (Å²) in [6.07, 6.45) is 1.67. The predicted octanol–water partition coefficient (Wildman–Crippen LogP) is 4.13. The quantitative estimate of drug-likeness (QED) is 0.431. The fourth-order valence-corrected chi connectivity index (χ4v) is 4.40. The zero-order valence-electron chi connectivity index (χ0n) is 18.0. The second-order valence-corrected chi connectivity index (χ2v) is 8.94. The van der Waals surface area contributed by atoms with E-state index in [9.17, 15) is 14.4 Å². The molecule has 0 radical (unpaired) electrons. The third-order valence-electron chi connectivity index (χ3n) is 4.78. The number of hydrogen-bond acceptors (Lipinski definition) is 6. The third-order valence-corrected chi connectivity index (χ3v) is 6.41. The molecule has 1 N–H and O–H groups in total. The minimum absolute atomic E-state index is 0.0369. The van der Waals surface area contributed by atoms with Crippen LogP contribution in [0.3, 0.4) is 0 Å². The fourth-order valence-electron chi connectivity index (χ4n) is 3.00. The van der Waals surface area contributed by atoms with Crippen LogP contribution in [-0.2, 0) is 9.59 Å². The average molecular weight is 504 g/mol. The summed E-state index contributed by atoms with van der Waals surface area (Å²) >= 11 is 12.4. The van der Waals surface area contributed by atoms with Gasteiger partial charge in [-0.2, -0.15) is 5.01 Å². The standard InChI is InChI=1S/C23H22ClN3O4S2/c1-3-26(4-2)20(28)14-31-16-11-9-15(10-12-16)13-19-22(30)27(23(32)33-19)25-21(29)17-7-5-6-8-18(17)24/h5-13H,3-4,14H2,1-2H3,(H,25,29)/b19-13+. The lowest BCUT2D eigenvalue weighted by molar-refractivity contribution is -0.133. The molecule has 7 nitrogen and oxygen atoms in total. The maximum atomic E-state index is 12.8. The van der Waals surface area contributed by atoms with Crippen molar-refractivity contribution in [1.82, 2.24) is 15.3 Å². The predicted molar refractivity (Wildman–Crippen MR) is 134 cm³/mol. The van der Waals surface area contributed by atoms with E-state index >= 15 is 0 Å². The van der Waals surface area contributed by atoms with Gasteiger partial charge in [-0.25, -0.2) is 0 Å². The lowest BCUT2D eigenvalue weighted by Crippen LogP contribution is -2.44. The molecule has 1 aliphatic rings. The van der Waals surface area contributed by atoms with E-state index in [1.807, 2.05) is 13.8 Å². The highest BCUT2D eigenvalue weighted by Crippen LogP contribution is 2.32. The first-order valence-corrected chi connectivity index (χ1v) is 11.8. The molecule has 0 unspecified atom stereocenters. The molecule has 1 heterocycles. The number of amides is 3. The molecule has 1 aliphatic heterocycles. The average Bonchev–Trinajstić information content (AvgIpc) is 3.07. The number of halogens is 1. The Morgan fingerprint density at radius 1 is 1.15 bits per heavy atom. The van der Waals surface area contributed by atoms with Gasteiger partial charge in [-0.3, -0.25) is 19.8 Å². The summed E-state index contributed by atoms with van der Waals surface area (Å²) in [6, 6.07) is 13.5. The van der Waals surface area contributed by atoms with Gasteiger partial charge < -0.3 is 9.64 Å². The Bertz CT molecular complexity index is 1100. The molecule has 2 aromatic rings. The molecular formula is C23H22ClN3O4S2. The summed E-state index contributed by atoms with van der Waals surface area (Å²) in [4.78, 5) is 39.4. The first-order chi connectivity index (χ1) is 15.8. The van der Waals surface area contributed by atoms with Gasteiger partial charge in [0.2, 0.25) is 0 Å². The molecule has 1 fully saturated rings. The summed E-state index contributed by atoms with van der Waals surface area (Å²) in [5.41, 5.74) is 3.50. The van der Waals surface area contributed by atoms with Gasteiger partial charge in [-0.05, 0) is 62.0 Å². The molecular weight excluding hydrogens is 482 g/mol. The lowest BCUT2D eigenvalue weighted by atomic mass is 10.2. The SMILES string of the molecule is CCN(CC)C(=O)COc1ccc(/C=C2/SC(=S)N(NC(=O)c3ccccc3Cl)C2=O)cc1. The van der Waals surface area contributed by atoms with Crippen molar-refractivity contribution in [3.8, 4) is 5.75 Å². The lowest BCUT2D eigenvalue weighted by Gasteiger charge is -2.18. The van der Waals surface area contributed by atoms with Gasteiger partial charge in [0.1, 0.15) is 5.75 Å². The van der Waals surface area contributed by atoms with E-state index in [1.165, 1.54) is 0 Å². The van der Waals surface area contributed by atoms with Gasteiger partial charge in [0.25, 0.3) is 17.7 Å². The molecule has 33 heavy (non-hydrogen) atoms. The van der Waals surface area contributed by atoms with Crippen LogP contribution < -0.4 is 10.2 Å². The van der Waals surface area contributed by atoms with Crippen molar-refractivity contribution < 1.29 is 19.1 Å². The van der Waals surface area contributed by atoms with Crippen LogP contribution in [0.4, 0.5) is 0 Å². The molecule has 0 spiro atoms. The molecule has 172 valence electrons. The molecule has 0 saturated carbocycles. The topological polar surface area (TPSA) is 79.0 Å². The number of nitrogens with zero attached hydrogens (tertiary/aromatic N) is 2. The van der Waals surface area contributed by atoms with Crippen LogP contribution in [-0.4, -0.2) is 51.6 Å². The van der Waals surface area contributed by atoms with Crippen LogP contribution in [0, 0.1) is 0 Å². The maximum Gasteiger partial charge on any atom is 0.285 e. The molecule has 10 heteroatoms. The van der Waals surface area contributed by atoms with Gasteiger partial charge in [-0.15, -0.1) is 0 Å². The van der Waals surface area contributed by atoms with Gasteiger partial charge in [0.05, 0.1) is 15.5 Å². The summed E-state index contributed by atoms with van der Waals surface area (Å²) in [5, 5.41) is 1.31. The van der Waals surface area contributed by atoms with Gasteiger partial charge in [-0.1, -0.05) is 47.6 Å². The van der Waals surface area contributed by atoms with E-state index in [0.717, 1.165) is 22.3 Å². The van der Waals surface area contributed by atoms with Crippen molar-refractivity contribution in [3.05, 3.63) is 69.6 Å². The molecule has 0 atom stereocenters. The molecule has 1 saturated heterocycles. The minimum Gasteiger partial charge on any atom is -0.484 e. The Kier molecular flexibility index (Phi) is 8.49. The van der Waals surface area contributed by atoms with Gasteiger partial charge in [0, 0.05) is 13.1 Å². The van der Waals surface area contributed by atoms with E-state index in [4.69, 9.17) is 28.6 Å². The van der Waals surface area contributed by atoms with Gasteiger partial charge in [0.15, 0.2) is 10.9 Å². The molecule has 3 rings (SSSR count). The van der Waals surface area contributed by atoms with E-state index in [1.54, 1.807) is 59.5 Å². The zero-order chi connectivity index (χ0) is 24.0. The van der Waals surface area contributed by atoms with E-state index in [2.05, 4.69) is 5.43 Å². The molecule has 3 amide bonds. The summed E-state index contributed by atoms with van der Waals surface area (Å²) in [6.45, 7) is 5.07. The largest absolute Gasteiger partial charge is 0.484 e. The number of carbonyl (C=O) groups is 3. The molecule has 2 aromatic carbocycles. The minimum atomic E-state index is -0.529. The Morgan fingerprint density at radius 2 is 1.82 bits per heavy atom. The second-order valence-electron chi connectivity index (χ2n) is 6.86. The van der Waals surface area contributed by atoms with Crippen LogP contribution in [0.2, 0.25) is 5.02 Å². The van der Waals surface area contributed by atoms with Crippen LogP contribution in [0.5, 0.6) is 5.75 Å². The Morgan fingerprint density at radius 3 is 2.45 bits per heavy atom. The Balaban J connectivity index is 1.63. The van der Waals surface area contributed by atoms with Crippen LogP contribution in [0.25, 0.3) is 6.08 Å². The van der Waals surface area contributed by atoms with E-state index in [-0.39, 0.29) is 27.4 Å². The number of thioether (sulfide) groups is 1. The normalized spacial score (nSPS) is 14.5. The second kappa shape index (κ2) is 11.3. The number of rotatable bonds is 8. The number of benzene rings is 2. The first-order valence-electron chi connectivity index (χ1n) is 10.2. The Labute approximate surface area is 206 Å². The van der Waals surface area contributed by atoms with Crippen LogP contribution in [0.1, 0.15) is 29.8 Å². The van der Waals surface area contributed by atoms with Crippen molar-refractivity contribution in [3.63, 3.8) is 0 Å². The fraction of sp³-hybridized carbons (Fsp3) is 0.217. The molecule has 0 aromatic heterocycles. The molecule has 0 bridgehead atoms. The number of likely N-dealkylation sites (N-methyl/N-ethyl adjacent to an activating group) is 1. The van der Waals surface area contributed by atoms with E-state index < -0.39 is 11.8 Å². The maximum absolute atomic E-state index is 12.8. The Hall–Kier alpha value is -2.88. The number of hydrogen-bond donors (Lipinski definition) is 1. The smallest absolute Gasteiger partial charge is 0.285 e. The monoisotopic (exact) mass is 503 g/mol. The first kappa shape index (κ1) is 24.8. The highest BCUT2D eigenvalue weighted by molar-refractivity contribution is 8.26. The summed E-state index contributed by atoms with van der Waals surface area (Å²) < 4.78 is 5.77.